The van der Waals surface area contributed by atoms with Crippen molar-refractivity contribution in [2.75, 3.05) is 5.32 Å². The fourth-order valence-corrected chi connectivity index (χ4v) is 1.48. The number of aryl methyl sites for hydroxylation is 1. The number of benzene rings is 1. The Labute approximate surface area is 106 Å². The van der Waals surface area contributed by atoms with Crippen molar-refractivity contribution in [3.63, 3.8) is 0 Å². The number of carbonyl (C=O) groups excluding carboxylic acids is 1. The van der Waals surface area contributed by atoms with Crippen LogP contribution in [-0.2, 0) is 16.0 Å². The lowest BCUT2D eigenvalue weighted by molar-refractivity contribution is -0.137. The molecule has 1 aromatic rings. The van der Waals surface area contributed by atoms with Gasteiger partial charge in [0.2, 0.25) is 5.91 Å². The average Bonchev–Trinajstić information content (AvgIpc) is 2.35. The molecule has 1 aromatic carbocycles. The third-order valence-corrected chi connectivity index (χ3v) is 2.60. The van der Waals surface area contributed by atoms with Crippen molar-refractivity contribution in [3.05, 3.63) is 29.8 Å². The van der Waals surface area contributed by atoms with Crippen LogP contribution in [0.1, 0.15) is 25.3 Å². The molecule has 1 atom stereocenters. The van der Waals surface area contributed by atoms with Crippen LogP contribution in [-0.4, -0.2) is 23.0 Å². The van der Waals surface area contributed by atoms with E-state index in [-0.39, 0.29) is 12.3 Å². The summed E-state index contributed by atoms with van der Waals surface area (Å²) in [5.41, 5.74) is 7.13. The molecule has 0 saturated carbocycles. The molecule has 0 unspecified atom stereocenters. The lowest BCUT2D eigenvalue weighted by atomic mass is 10.1. The van der Waals surface area contributed by atoms with Gasteiger partial charge in [-0.3, -0.25) is 9.59 Å². The third kappa shape index (κ3) is 4.55. The first-order valence-electron chi connectivity index (χ1n) is 5.90. The summed E-state index contributed by atoms with van der Waals surface area (Å²) in [7, 11) is 0. The summed E-state index contributed by atoms with van der Waals surface area (Å²) in [6, 6.07) is 6.61. The Morgan fingerprint density at radius 3 is 2.78 bits per heavy atom. The van der Waals surface area contributed by atoms with Crippen LogP contribution < -0.4 is 11.1 Å². The van der Waals surface area contributed by atoms with E-state index in [4.69, 9.17) is 10.8 Å². The molecule has 0 fully saturated rings. The van der Waals surface area contributed by atoms with Gasteiger partial charge in [-0.1, -0.05) is 19.1 Å². The molecule has 0 aromatic heterocycles. The first-order chi connectivity index (χ1) is 8.52. The average molecular weight is 250 g/mol. The number of carboxylic acids is 1. The van der Waals surface area contributed by atoms with Crippen LogP contribution >= 0.6 is 0 Å². The summed E-state index contributed by atoms with van der Waals surface area (Å²) in [5, 5.41) is 11.3. The summed E-state index contributed by atoms with van der Waals surface area (Å²) in [6.07, 6.45) is 1.09. The Balaban J connectivity index is 2.64. The lowest BCUT2D eigenvalue weighted by Crippen LogP contribution is -2.34. The minimum Gasteiger partial charge on any atom is -0.481 e. The molecule has 1 amide bonds. The number of anilines is 1. The van der Waals surface area contributed by atoms with E-state index in [0.717, 1.165) is 5.56 Å². The second kappa shape index (κ2) is 6.76. The molecule has 1 rings (SSSR count). The highest BCUT2D eigenvalue weighted by atomic mass is 16.4. The number of rotatable bonds is 6. The maximum atomic E-state index is 11.6. The van der Waals surface area contributed by atoms with Crippen molar-refractivity contribution < 1.29 is 14.7 Å². The fraction of sp³-hybridized carbons (Fsp3) is 0.385. The Kier molecular flexibility index (Phi) is 5.32. The molecular formula is C13H18N2O3. The van der Waals surface area contributed by atoms with Crippen molar-refractivity contribution in [2.24, 2.45) is 5.73 Å². The van der Waals surface area contributed by atoms with Gasteiger partial charge >= 0.3 is 5.97 Å². The summed E-state index contributed by atoms with van der Waals surface area (Å²) >= 11 is 0. The van der Waals surface area contributed by atoms with Crippen molar-refractivity contribution in [1.29, 1.82) is 0 Å². The largest absolute Gasteiger partial charge is 0.481 e. The quantitative estimate of drug-likeness (QED) is 0.711. The van der Waals surface area contributed by atoms with Crippen LogP contribution in [0.25, 0.3) is 0 Å². The number of nitrogens with one attached hydrogen (secondary N) is 1. The number of hydrogen-bond acceptors (Lipinski definition) is 3. The van der Waals surface area contributed by atoms with Crippen molar-refractivity contribution >= 4 is 17.6 Å². The molecule has 4 N–H and O–H groups in total. The molecule has 0 radical (unpaired) electrons. The zero-order valence-corrected chi connectivity index (χ0v) is 10.3. The van der Waals surface area contributed by atoms with Crippen molar-refractivity contribution in [3.8, 4) is 0 Å². The molecule has 0 aliphatic carbocycles. The third-order valence-electron chi connectivity index (χ3n) is 2.60. The highest BCUT2D eigenvalue weighted by Crippen LogP contribution is 2.12. The number of amides is 1. The van der Waals surface area contributed by atoms with Gasteiger partial charge in [0.1, 0.15) is 0 Å². The van der Waals surface area contributed by atoms with Gasteiger partial charge in [-0.2, -0.15) is 0 Å². The zero-order chi connectivity index (χ0) is 13.5. The number of hydrogen-bond donors (Lipinski definition) is 3. The SMILES string of the molecule is CC[C@@H](N)C(=O)Nc1cccc(CCC(=O)O)c1. The number of aliphatic carboxylic acids is 1. The van der Waals surface area contributed by atoms with E-state index in [9.17, 15) is 9.59 Å². The molecule has 0 heterocycles. The van der Waals surface area contributed by atoms with Crippen LogP contribution in [0.15, 0.2) is 24.3 Å². The molecule has 0 aliphatic rings. The summed E-state index contributed by atoms with van der Waals surface area (Å²) < 4.78 is 0. The van der Waals surface area contributed by atoms with Gasteiger partial charge in [-0.25, -0.2) is 0 Å². The maximum absolute atomic E-state index is 11.6. The van der Waals surface area contributed by atoms with Gasteiger partial charge in [-0.15, -0.1) is 0 Å². The normalized spacial score (nSPS) is 11.9. The van der Waals surface area contributed by atoms with E-state index in [2.05, 4.69) is 5.32 Å². The lowest BCUT2D eigenvalue weighted by Gasteiger charge is -2.10. The number of carboxylic acid groups (broad SMARTS) is 1. The minimum absolute atomic E-state index is 0.0753. The predicted molar refractivity (Wildman–Crippen MR) is 69.3 cm³/mol. The van der Waals surface area contributed by atoms with E-state index in [1.165, 1.54) is 0 Å². The standard InChI is InChI=1S/C13H18N2O3/c1-2-11(14)13(18)15-10-5-3-4-9(8-10)6-7-12(16)17/h3-5,8,11H,2,6-7,14H2,1H3,(H,15,18)(H,16,17)/t11-/m1/s1. The predicted octanol–water partition coefficient (Wildman–Crippen LogP) is 1.38. The molecule has 0 spiro atoms. The van der Waals surface area contributed by atoms with Crippen molar-refractivity contribution in [2.45, 2.75) is 32.2 Å². The minimum atomic E-state index is -0.836. The van der Waals surface area contributed by atoms with Gasteiger partial charge in [0.25, 0.3) is 0 Å². The molecule has 0 aliphatic heterocycles. The second-order valence-corrected chi connectivity index (χ2v) is 4.10. The molecule has 5 heteroatoms. The van der Waals surface area contributed by atoms with E-state index >= 15 is 0 Å². The van der Waals surface area contributed by atoms with Gasteiger partial charge in [0.15, 0.2) is 0 Å². The molecular weight excluding hydrogens is 232 g/mol. The van der Waals surface area contributed by atoms with Crippen LogP contribution in [0.4, 0.5) is 5.69 Å². The van der Waals surface area contributed by atoms with E-state index in [1.54, 1.807) is 18.2 Å². The van der Waals surface area contributed by atoms with Crippen LogP contribution in [0, 0.1) is 0 Å². The van der Waals surface area contributed by atoms with Crippen LogP contribution in [0.3, 0.4) is 0 Å². The maximum Gasteiger partial charge on any atom is 0.303 e. The molecule has 18 heavy (non-hydrogen) atoms. The first kappa shape index (κ1) is 14.2. The summed E-state index contributed by atoms with van der Waals surface area (Å²) in [6.45, 7) is 1.84. The molecule has 0 bridgehead atoms. The summed E-state index contributed by atoms with van der Waals surface area (Å²) in [4.78, 5) is 22.1. The van der Waals surface area contributed by atoms with Gasteiger partial charge in [0.05, 0.1) is 6.04 Å². The van der Waals surface area contributed by atoms with Gasteiger partial charge in [-0.05, 0) is 30.5 Å². The molecule has 0 saturated heterocycles. The smallest absolute Gasteiger partial charge is 0.303 e. The molecule has 98 valence electrons. The summed E-state index contributed by atoms with van der Waals surface area (Å²) in [5.74, 6) is -1.06. The van der Waals surface area contributed by atoms with Crippen molar-refractivity contribution in [1.82, 2.24) is 0 Å². The van der Waals surface area contributed by atoms with Gasteiger partial charge < -0.3 is 16.2 Å². The van der Waals surface area contributed by atoms with Crippen LogP contribution in [0.2, 0.25) is 0 Å². The Morgan fingerprint density at radius 1 is 1.44 bits per heavy atom. The topological polar surface area (TPSA) is 92.4 Å². The Hall–Kier alpha value is -1.88. The first-order valence-corrected chi connectivity index (χ1v) is 5.90. The number of carbonyl (C=O) groups is 2. The van der Waals surface area contributed by atoms with Gasteiger partial charge in [0, 0.05) is 12.1 Å². The highest BCUT2D eigenvalue weighted by molar-refractivity contribution is 5.94. The van der Waals surface area contributed by atoms with E-state index < -0.39 is 12.0 Å². The fourth-order valence-electron chi connectivity index (χ4n) is 1.48. The van der Waals surface area contributed by atoms with Crippen LogP contribution in [0.5, 0.6) is 0 Å². The Morgan fingerprint density at radius 2 is 2.17 bits per heavy atom. The monoisotopic (exact) mass is 250 g/mol. The molecule has 5 nitrogen and oxygen atoms in total. The van der Waals surface area contributed by atoms with E-state index in [1.807, 2.05) is 13.0 Å². The zero-order valence-electron chi connectivity index (χ0n) is 10.3. The Bertz CT molecular complexity index is 432. The van der Waals surface area contributed by atoms with E-state index in [0.29, 0.717) is 18.5 Å². The highest BCUT2D eigenvalue weighted by Gasteiger charge is 2.11. The second-order valence-electron chi connectivity index (χ2n) is 4.10. The number of nitrogens with two attached hydrogens (primary N) is 1.